The van der Waals surface area contributed by atoms with Crippen LogP contribution in [0.3, 0.4) is 0 Å². The van der Waals surface area contributed by atoms with Gasteiger partial charge in [-0.25, -0.2) is 17.2 Å². The van der Waals surface area contributed by atoms with Crippen LogP contribution < -0.4 is 0 Å². The van der Waals surface area contributed by atoms with Crippen LogP contribution in [0.1, 0.15) is 12.5 Å². The molecule has 2 aromatic rings. The van der Waals surface area contributed by atoms with Crippen molar-refractivity contribution in [1.82, 2.24) is 14.1 Å². The number of rotatable bonds is 5. The molecule has 114 valence electrons. The molecule has 1 heterocycles. The van der Waals surface area contributed by atoms with E-state index in [1.807, 2.05) is 0 Å². The van der Waals surface area contributed by atoms with Crippen LogP contribution in [0.2, 0.25) is 0 Å². The lowest BCUT2D eigenvalue weighted by Gasteiger charge is -2.20. The van der Waals surface area contributed by atoms with Crippen LogP contribution in [0, 0.1) is 11.6 Å². The van der Waals surface area contributed by atoms with Gasteiger partial charge in [0, 0.05) is 38.0 Å². The fourth-order valence-electron chi connectivity index (χ4n) is 1.95. The number of hydrogen-bond acceptors (Lipinski definition) is 3. The Bertz CT molecular complexity index is 744. The highest BCUT2D eigenvalue weighted by Crippen LogP contribution is 2.21. The average Bonchev–Trinajstić information content (AvgIpc) is 2.80. The smallest absolute Gasteiger partial charge is 0.246 e. The van der Waals surface area contributed by atoms with Crippen LogP contribution in [0.5, 0.6) is 0 Å². The molecule has 0 aliphatic carbocycles. The number of benzene rings is 1. The summed E-state index contributed by atoms with van der Waals surface area (Å²) in [6.07, 6.45) is 3.22. The second-order valence-electron chi connectivity index (χ2n) is 4.53. The zero-order valence-corrected chi connectivity index (χ0v) is 12.4. The minimum absolute atomic E-state index is 0.0729. The van der Waals surface area contributed by atoms with Gasteiger partial charge in [-0.05, 0) is 12.1 Å². The van der Waals surface area contributed by atoms with E-state index in [2.05, 4.69) is 5.10 Å². The number of halogens is 2. The molecule has 1 aromatic heterocycles. The van der Waals surface area contributed by atoms with Gasteiger partial charge in [0.1, 0.15) is 16.5 Å². The van der Waals surface area contributed by atoms with Gasteiger partial charge in [0.2, 0.25) is 10.0 Å². The van der Waals surface area contributed by atoms with Crippen molar-refractivity contribution in [3.63, 3.8) is 0 Å². The predicted molar refractivity (Wildman–Crippen MR) is 72.8 cm³/mol. The van der Waals surface area contributed by atoms with E-state index in [0.29, 0.717) is 11.6 Å². The molecule has 21 heavy (non-hydrogen) atoms. The summed E-state index contributed by atoms with van der Waals surface area (Å²) in [5, 5.41) is 3.96. The second-order valence-corrected chi connectivity index (χ2v) is 6.43. The van der Waals surface area contributed by atoms with Gasteiger partial charge in [-0.15, -0.1) is 0 Å². The Morgan fingerprint density at radius 3 is 2.57 bits per heavy atom. The molecule has 0 saturated heterocycles. The van der Waals surface area contributed by atoms with Crippen molar-refractivity contribution >= 4 is 10.0 Å². The zero-order chi connectivity index (χ0) is 15.6. The van der Waals surface area contributed by atoms with Crippen molar-refractivity contribution in [2.75, 3.05) is 6.54 Å². The Morgan fingerprint density at radius 2 is 2.05 bits per heavy atom. The molecule has 0 saturated carbocycles. The summed E-state index contributed by atoms with van der Waals surface area (Å²) in [7, 11) is -2.32. The van der Waals surface area contributed by atoms with Crippen molar-refractivity contribution in [3.8, 4) is 0 Å². The van der Waals surface area contributed by atoms with Gasteiger partial charge in [-0.3, -0.25) is 4.68 Å². The molecule has 5 nitrogen and oxygen atoms in total. The Morgan fingerprint density at radius 1 is 1.33 bits per heavy atom. The lowest BCUT2D eigenvalue weighted by Crippen LogP contribution is -2.31. The van der Waals surface area contributed by atoms with Crippen LogP contribution in [0.15, 0.2) is 35.5 Å². The maximum absolute atomic E-state index is 13.7. The SMILES string of the molecule is CCN(Cc1cnn(C)c1)S(=O)(=O)c1ccc(F)cc1F. The van der Waals surface area contributed by atoms with Crippen molar-refractivity contribution in [2.24, 2.45) is 7.05 Å². The monoisotopic (exact) mass is 315 g/mol. The fourth-order valence-corrected chi connectivity index (χ4v) is 3.43. The number of sulfonamides is 1. The summed E-state index contributed by atoms with van der Waals surface area (Å²) in [5.74, 6) is -1.92. The lowest BCUT2D eigenvalue weighted by atomic mass is 10.3. The minimum atomic E-state index is -4.03. The number of aromatic nitrogens is 2. The van der Waals surface area contributed by atoms with E-state index in [1.165, 1.54) is 0 Å². The molecule has 0 radical (unpaired) electrons. The normalized spacial score (nSPS) is 12.0. The summed E-state index contributed by atoms with van der Waals surface area (Å²) in [6.45, 7) is 1.88. The Kier molecular flexibility index (Phi) is 4.38. The Hall–Kier alpha value is -1.80. The van der Waals surface area contributed by atoms with E-state index in [1.54, 1.807) is 31.0 Å². The summed E-state index contributed by atoms with van der Waals surface area (Å²) < 4.78 is 54.2. The van der Waals surface area contributed by atoms with Crippen molar-refractivity contribution < 1.29 is 17.2 Å². The van der Waals surface area contributed by atoms with Gasteiger partial charge in [0.15, 0.2) is 0 Å². The first-order valence-electron chi connectivity index (χ1n) is 6.27. The first-order valence-corrected chi connectivity index (χ1v) is 7.71. The molecule has 0 atom stereocenters. The van der Waals surface area contributed by atoms with Gasteiger partial charge < -0.3 is 0 Å². The van der Waals surface area contributed by atoms with Crippen molar-refractivity contribution in [3.05, 3.63) is 47.8 Å². The lowest BCUT2D eigenvalue weighted by molar-refractivity contribution is 0.418. The van der Waals surface area contributed by atoms with Crippen LogP contribution in [0.4, 0.5) is 8.78 Å². The quantitative estimate of drug-likeness (QED) is 0.847. The molecule has 2 rings (SSSR count). The largest absolute Gasteiger partial charge is 0.275 e. The Labute approximate surface area is 121 Å². The van der Waals surface area contributed by atoms with Gasteiger partial charge in [0.25, 0.3) is 0 Å². The zero-order valence-electron chi connectivity index (χ0n) is 11.6. The second kappa shape index (κ2) is 5.90. The van der Waals surface area contributed by atoms with E-state index in [-0.39, 0.29) is 13.1 Å². The van der Waals surface area contributed by atoms with E-state index in [4.69, 9.17) is 0 Å². The molecule has 0 spiro atoms. The molecule has 0 amide bonds. The van der Waals surface area contributed by atoms with Gasteiger partial charge in [-0.2, -0.15) is 9.40 Å². The summed E-state index contributed by atoms with van der Waals surface area (Å²) in [6, 6.07) is 2.42. The number of nitrogens with zero attached hydrogens (tertiary/aromatic N) is 3. The molecule has 8 heteroatoms. The maximum atomic E-state index is 13.7. The van der Waals surface area contributed by atoms with Gasteiger partial charge in [-0.1, -0.05) is 6.92 Å². The first kappa shape index (κ1) is 15.6. The van der Waals surface area contributed by atoms with Crippen LogP contribution >= 0.6 is 0 Å². The highest BCUT2D eigenvalue weighted by Gasteiger charge is 2.27. The highest BCUT2D eigenvalue weighted by atomic mass is 32.2. The highest BCUT2D eigenvalue weighted by molar-refractivity contribution is 7.89. The predicted octanol–water partition coefficient (Wildman–Crippen LogP) is 1.91. The van der Waals surface area contributed by atoms with Crippen molar-refractivity contribution in [1.29, 1.82) is 0 Å². The first-order chi connectivity index (χ1) is 9.84. The number of aryl methyl sites for hydroxylation is 1. The molecular weight excluding hydrogens is 300 g/mol. The molecule has 0 N–H and O–H groups in total. The third-order valence-corrected chi connectivity index (χ3v) is 4.94. The summed E-state index contributed by atoms with van der Waals surface area (Å²) in [4.78, 5) is -0.533. The maximum Gasteiger partial charge on any atom is 0.246 e. The standard InChI is InChI=1S/C13H15F2N3O2S/c1-3-18(9-10-7-16-17(2)8-10)21(19,20)13-5-4-11(14)6-12(13)15/h4-8H,3,9H2,1-2H3. The molecular formula is C13H15F2N3O2S. The van der Waals surface area contributed by atoms with Crippen LogP contribution in [0.25, 0.3) is 0 Å². The third kappa shape index (κ3) is 3.27. The van der Waals surface area contributed by atoms with Crippen molar-refractivity contribution in [2.45, 2.75) is 18.4 Å². The number of hydrogen-bond donors (Lipinski definition) is 0. The molecule has 0 bridgehead atoms. The van der Waals surface area contributed by atoms with Gasteiger partial charge >= 0.3 is 0 Å². The van der Waals surface area contributed by atoms with Gasteiger partial charge in [0.05, 0.1) is 6.20 Å². The van der Waals surface area contributed by atoms with E-state index in [9.17, 15) is 17.2 Å². The molecule has 1 aromatic carbocycles. The fraction of sp³-hybridized carbons (Fsp3) is 0.308. The van der Waals surface area contributed by atoms with Crippen LogP contribution in [-0.2, 0) is 23.6 Å². The summed E-state index contributed by atoms with van der Waals surface area (Å²) in [5.41, 5.74) is 0.686. The summed E-state index contributed by atoms with van der Waals surface area (Å²) >= 11 is 0. The van der Waals surface area contributed by atoms with E-state index >= 15 is 0 Å². The molecule has 0 unspecified atom stereocenters. The Balaban J connectivity index is 2.35. The van der Waals surface area contributed by atoms with Crippen LogP contribution in [-0.4, -0.2) is 29.0 Å². The molecule has 0 aliphatic rings. The minimum Gasteiger partial charge on any atom is -0.275 e. The molecule has 0 fully saturated rings. The average molecular weight is 315 g/mol. The molecule has 0 aliphatic heterocycles. The van der Waals surface area contributed by atoms with E-state index < -0.39 is 26.6 Å². The topological polar surface area (TPSA) is 55.2 Å². The van der Waals surface area contributed by atoms with E-state index in [0.717, 1.165) is 16.4 Å². The third-order valence-electron chi connectivity index (χ3n) is 2.98.